The Balaban J connectivity index is 2.89. The Morgan fingerprint density at radius 2 is 1.25 bits per heavy atom. The third kappa shape index (κ3) is 3.78. The maximum absolute atomic E-state index is 2.56. The minimum atomic E-state index is -0.962. The number of rotatable bonds is 2. The van der Waals surface area contributed by atoms with E-state index in [1.807, 2.05) is 0 Å². The van der Waals surface area contributed by atoms with E-state index in [9.17, 15) is 0 Å². The smallest absolute Gasteiger partial charge is 0.0560 e. The molecule has 0 saturated carbocycles. The van der Waals surface area contributed by atoms with E-state index in [1.165, 1.54) is 5.56 Å². The van der Waals surface area contributed by atoms with Gasteiger partial charge >= 0.3 is 0 Å². The average Bonchev–Trinajstić information content (AvgIpc) is 2.12. The van der Waals surface area contributed by atoms with E-state index < -0.39 is 8.80 Å². The molecule has 0 nitrogen and oxygen atoms in total. The third-order valence-electron chi connectivity index (χ3n) is 3.02. The van der Waals surface area contributed by atoms with Gasteiger partial charge in [-0.25, -0.2) is 0 Å². The van der Waals surface area contributed by atoms with Crippen molar-refractivity contribution in [1.29, 1.82) is 0 Å². The second-order valence-electron chi connectivity index (χ2n) is 6.79. The van der Waals surface area contributed by atoms with Crippen LogP contribution in [0.5, 0.6) is 0 Å². The van der Waals surface area contributed by atoms with Crippen molar-refractivity contribution < 1.29 is 0 Å². The highest BCUT2D eigenvalue weighted by atomic mass is 28.3. The van der Waals surface area contributed by atoms with E-state index in [0.29, 0.717) is 10.1 Å². The minimum absolute atomic E-state index is 0.439. The second kappa shape index (κ2) is 4.75. The van der Waals surface area contributed by atoms with E-state index in [-0.39, 0.29) is 0 Å². The molecule has 0 aliphatic rings. The lowest BCUT2D eigenvalue weighted by molar-refractivity contribution is 0.648. The molecule has 1 aromatic carbocycles. The van der Waals surface area contributed by atoms with Crippen LogP contribution in [0.4, 0.5) is 0 Å². The Morgan fingerprint density at radius 1 is 0.812 bits per heavy atom. The first-order chi connectivity index (χ1) is 7.21. The van der Waals surface area contributed by atoms with Crippen LogP contribution in [0.15, 0.2) is 30.3 Å². The molecule has 0 aromatic heterocycles. The minimum Gasteiger partial charge on any atom is -0.0628 e. The quantitative estimate of drug-likeness (QED) is 0.655. The molecule has 0 heterocycles. The van der Waals surface area contributed by atoms with Gasteiger partial charge in [-0.3, -0.25) is 0 Å². The first-order valence-electron chi connectivity index (χ1n) is 6.11. The SMILES string of the molecule is CC(C)(C)[SiH]([CH]c1ccccc1)C(C)(C)C. The van der Waals surface area contributed by atoms with E-state index in [0.717, 1.165) is 0 Å². The van der Waals surface area contributed by atoms with Gasteiger partial charge in [0.05, 0.1) is 8.80 Å². The highest BCUT2D eigenvalue weighted by molar-refractivity contribution is 6.69. The van der Waals surface area contributed by atoms with Crippen molar-refractivity contribution in [2.45, 2.75) is 51.6 Å². The van der Waals surface area contributed by atoms with Gasteiger partial charge in [0, 0.05) is 0 Å². The Kier molecular flexibility index (Phi) is 4.00. The number of benzene rings is 1. The molecule has 1 aromatic rings. The Bertz CT molecular complexity index is 300. The Morgan fingerprint density at radius 3 is 1.62 bits per heavy atom. The monoisotopic (exact) mass is 233 g/mol. The normalized spacial score (nSPS) is 13.2. The summed E-state index contributed by atoms with van der Waals surface area (Å²) in [7, 11) is -0.962. The largest absolute Gasteiger partial charge is 0.0628 e. The molecule has 0 bridgehead atoms. The van der Waals surface area contributed by atoms with Gasteiger partial charge in [0.2, 0.25) is 0 Å². The molecule has 0 unspecified atom stereocenters. The highest BCUT2D eigenvalue weighted by Gasteiger charge is 2.36. The van der Waals surface area contributed by atoms with Crippen LogP contribution in [0.1, 0.15) is 47.1 Å². The van der Waals surface area contributed by atoms with Crippen LogP contribution in [-0.4, -0.2) is 8.80 Å². The summed E-state index contributed by atoms with van der Waals surface area (Å²) in [5, 5.41) is 0.877. The third-order valence-corrected chi connectivity index (χ3v) is 7.47. The van der Waals surface area contributed by atoms with Gasteiger partial charge in [0.25, 0.3) is 0 Å². The summed E-state index contributed by atoms with van der Waals surface area (Å²) in [4.78, 5) is 0. The molecule has 1 radical (unpaired) electrons. The fourth-order valence-corrected chi connectivity index (χ4v) is 6.76. The summed E-state index contributed by atoms with van der Waals surface area (Å²) in [5.74, 6) is 0. The van der Waals surface area contributed by atoms with Crippen LogP contribution in [0.3, 0.4) is 0 Å². The van der Waals surface area contributed by atoms with Crippen molar-refractivity contribution in [2.75, 3.05) is 0 Å². The lowest BCUT2D eigenvalue weighted by Crippen LogP contribution is -2.36. The summed E-state index contributed by atoms with van der Waals surface area (Å²) in [6.45, 7) is 14.3. The lowest BCUT2D eigenvalue weighted by Gasteiger charge is -2.39. The molecule has 0 atom stereocenters. The van der Waals surface area contributed by atoms with Crippen molar-refractivity contribution in [3.63, 3.8) is 0 Å². The lowest BCUT2D eigenvalue weighted by atomic mass is 10.2. The van der Waals surface area contributed by atoms with Crippen molar-refractivity contribution >= 4 is 8.80 Å². The van der Waals surface area contributed by atoms with Crippen LogP contribution < -0.4 is 0 Å². The molecule has 16 heavy (non-hydrogen) atoms. The second-order valence-corrected chi connectivity index (χ2v) is 11.5. The van der Waals surface area contributed by atoms with Crippen molar-refractivity contribution in [1.82, 2.24) is 0 Å². The van der Waals surface area contributed by atoms with Crippen LogP contribution in [0.2, 0.25) is 10.1 Å². The zero-order chi connectivity index (χ0) is 12.4. The fraction of sp³-hybridized carbons (Fsp3) is 0.533. The van der Waals surface area contributed by atoms with Gasteiger partial charge in [0.15, 0.2) is 0 Å². The first-order valence-corrected chi connectivity index (χ1v) is 7.93. The summed E-state index contributed by atoms with van der Waals surface area (Å²) in [5.41, 5.74) is 1.39. The molecular weight excluding hydrogens is 208 g/mol. The maximum atomic E-state index is 2.56. The molecule has 0 N–H and O–H groups in total. The molecule has 0 spiro atoms. The first kappa shape index (κ1) is 13.5. The van der Waals surface area contributed by atoms with Crippen molar-refractivity contribution in [3.8, 4) is 0 Å². The molecule has 0 aliphatic heterocycles. The van der Waals surface area contributed by atoms with E-state index in [2.05, 4.69) is 77.9 Å². The van der Waals surface area contributed by atoms with Gasteiger partial charge in [-0.2, -0.15) is 0 Å². The number of hydrogen-bond acceptors (Lipinski definition) is 0. The molecule has 0 aliphatic carbocycles. The van der Waals surface area contributed by atoms with E-state index >= 15 is 0 Å². The van der Waals surface area contributed by atoms with Crippen molar-refractivity contribution in [3.05, 3.63) is 41.9 Å². The Labute approximate surface area is 103 Å². The molecule has 89 valence electrons. The Hall–Kier alpha value is -0.563. The molecular formula is C15H25Si. The van der Waals surface area contributed by atoms with Gasteiger partial charge in [-0.1, -0.05) is 71.9 Å². The van der Waals surface area contributed by atoms with Gasteiger partial charge < -0.3 is 0 Å². The number of hydrogen-bond donors (Lipinski definition) is 0. The zero-order valence-electron chi connectivity index (χ0n) is 11.5. The predicted molar refractivity (Wildman–Crippen MR) is 76.4 cm³/mol. The molecule has 0 amide bonds. The summed E-state index contributed by atoms with van der Waals surface area (Å²) in [6, 6.07) is 13.3. The fourth-order valence-electron chi connectivity index (χ4n) is 2.56. The van der Waals surface area contributed by atoms with Crippen LogP contribution in [0.25, 0.3) is 0 Å². The highest BCUT2D eigenvalue weighted by Crippen LogP contribution is 2.44. The van der Waals surface area contributed by atoms with Gasteiger partial charge in [-0.15, -0.1) is 0 Å². The summed E-state index contributed by atoms with van der Waals surface area (Å²) in [6.07, 6.45) is 0. The zero-order valence-corrected chi connectivity index (χ0v) is 12.7. The molecule has 0 saturated heterocycles. The average molecular weight is 233 g/mol. The summed E-state index contributed by atoms with van der Waals surface area (Å²) >= 11 is 0. The molecule has 1 heteroatoms. The predicted octanol–water partition coefficient (Wildman–Crippen LogP) is 4.61. The molecule has 1 rings (SSSR count). The topological polar surface area (TPSA) is 0 Å². The van der Waals surface area contributed by atoms with E-state index in [1.54, 1.807) is 0 Å². The van der Waals surface area contributed by atoms with Crippen LogP contribution >= 0.6 is 0 Å². The maximum Gasteiger partial charge on any atom is 0.0560 e. The summed E-state index contributed by atoms with van der Waals surface area (Å²) < 4.78 is 0. The van der Waals surface area contributed by atoms with Crippen LogP contribution in [-0.2, 0) is 0 Å². The van der Waals surface area contributed by atoms with Crippen LogP contribution in [0, 0.1) is 6.04 Å². The standard InChI is InChI=1S/C15H25Si/c1-14(2,3)16(15(4,5)6)12-13-10-8-7-9-11-13/h7-12,16H,1-6H3. The van der Waals surface area contributed by atoms with Crippen molar-refractivity contribution in [2.24, 2.45) is 0 Å². The van der Waals surface area contributed by atoms with E-state index in [4.69, 9.17) is 0 Å². The van der Waals surface area contributed by atoms with Gasteiger partial charge in [0.1, 0.15) is 0 Å². The molecule has 0 fully saturated rings. The van der Waals surface area contributed by atoms with Gasteiger partial charge in [-0.05, 0) is 21.7 Å².